The van der Waals surface area contributed by atoms with Gasteiger partial charge in [0.15, 0.2) is 4.77 Å². The number of rotatable bonds is 4. The zero-order valence-corrected chi connectivity index (χ0v) is 12.1. The summed E-state index contributed by atoms with van der Waals surface area (Å²) in [5, 5.41) is 8.87. The molecule has 0 aliphatic rings. The maximum Gasteiger partial charge on any atom is 0.323 e. The number of fused-ring (bicyclic) bond motifs is 1. The minimum Gasteiger partial charge on any atom is -0.480 e. The largest absolute Gasteiger partial charge is 0.480 e. The van der Waals surface area contributed by atoms with Gasteiger partial charge < -0.3 is 20.4 Å². The van der Waals surface area contributed by atoms with E-state index in [0.717, 1.165) is 0 Å². The van der Waals surface area contributed by atoms with E-state index in [2.05, 4.69) is 4.98 Å². The highest BCUT2D eigenvalue weighted by molar-refractivity contribution is 7.89. The van der Waals surface area contributed by atoms with E-state index in [1.165, 1.54) is 22.8 Å². The Bertz CT molecular complexity index is 931. The third-order valence-corrected chi connectivity index (χ3v) is 4.18. The molecule has 0 saturated carbocycles. The second kappa shape index (κ2) is 5.47. The average molecular weight is 326 g/mol. The van der Waals surface area contributed by atoms with Gasteiger partial charge in [-0.3, -0.25) is 4.79 Å². The van der Waals surface area contributed by atoms with E-state index in [1.54, 1.807) is 0 Å². The zero-order valence-electron chi connectivity index (χ0n) is 10.5. The van der Waals surface area contributed by atoms with E-state index in [1.807, 2.05) is 16.8 Å². The van der Waals surface area contributed by atoms with Crippen LogP contribution in [0.4, 0.5) is 0 Å². The maximum atomic E-state index is 11.9. The molecule has 8 nitrogen and oxygen atoms in total. The van der Waals surface area contributed by atoms with Gasteiger partial charge in [-0.1, -0.05) is 0 Å². The van der Waals surface area contributed by atoms with Crippen molar-refractivity contribution in [3.05, 3.63) is 23.0 Å². The van der Waals surface area contributed by atoms with Crippen LogP contribution in [0.3, 0.4) is 0 Å². The molecule has 1 heterocycles. The number of carboxylic acids is 1. The van der Waals surface area contributed by atoms with Crippen molar-refractivity contribution >= 4 is 39.2 Å². The molecule has 0 aliphatic carbocycles. The summed E-state index contributed by atoms with van der Waals surface area (Å²) in [6.07, 6.45) is 0. The Morgan fingerprint density at radius 3 is 2.86 bits per heavy atom. The lowest BCUT2D eigenvalue weighted by molar-refractivity contribution is -0.137. The molecule has 2 rings (SSSR count). The third kappa shape index (κ3) is 2.99. The molecule has 5 N–H and O–H groups in total. The topological polar surface area (TPSA) is 130 Å². The van der Waals surface area contributed by atoms with Crippen molar-refractivity contribution in [2.75, 3.05) is 0 Å². The molecule has 2 aromatic rings. The summed E-state index contributed by atoms with van der Waals surface area (Å²) in [6.45, 7) is -0.377. The first-order valence-corrected chi connectivity index (χ1v) is 7.41. The standard InChI is InChI=1S/C11H10N4O4S2/c12-3-4-13-21(18,19)7-1-2-8-9(5-7)15(6-10(16)17)11(20)14-8/h1-2,5,13H,6,12H2,(H,14,20)(H,16,17). The number of hydrogen-bond donors (Lipinski definition) is 4. The number of hydrogen-bond acceptors (Lipinski definition) is 5. The molecule has 0 fully saturated rings. The van der Waals surface area contributed by atoms with Crippen molar-refractivity contribution in [1.29, 1.82) is 0 Å². The number of nitrogens with two attached hydrogens (primary N) is 1. The molecule has 0 bridgehead atoms. The highest BCUT2D eigenvalue weighted by Crippen LogP contribution is 2.19. The Kier molecular flexibility index (Phi) is 3.88. The fourth-order valence-electron chi connectivity index (χ4n) is 1.75. The van der Waals surface area contributed by atoms with Crippen molar-refractivity contribution in [1.82, 2.24) is 14.3 Å². The normalized spacial score (nSPS) is 10.9. The molecule has 0 saturated heterocycles. The number of sulfonamides is 1. The van der Waals surface area contributed by atoms with Gasteiger partial charge in [-0.25, -0.2) is 13.1 Å². The molecule has 0 radical (unpaired) electrons. The van der Waals surface area contributed by atoms with Gasteiger partial charge in [0.25, 0.3) is 10.0 Å². The highest BCUT2D eigenvalue weighted by atomic mass is 32.2. The van der Waals surface area contributed by atoms with Crippen molar-refractivity contribution < 1.29 is 18.3 Å². The lowest BCUT2D eigenvalue weighted by Gasteiger charge is -2.04. The van der Waals surface area contributed by atoms with E-state index in [0.29, 0.717) is 11.0 Å². The van der Waals surface area contributed by atoms with Gasteiger partial charge in [-0.2, -0.15) is 0 Å². The van der Waals surface area contributed by atoms with Crippen LogP contribution in [0, 0.1) is 16.9 Å². The van der Waals surface area contributed by atoms with Crippen molar-refractivity contribution in [3.8, 4) is 12.1 Å². The van der Waals surface area contributed by atoms with Gasteiger partial charge in [0.2, 0.25) is 0 Å². The predicted octanol–water partition coefficient (Wildman–Crippen LogP) is -0.0611. The molecular formula is C11H10N4O4S2. The van der Waals surface area contributed by atoms with E-state index in [9.17, 15) is 13.2 Å². The molecule has 0 spiro atoms. The minimum atomic E-state index is -3.86. The van der Waals surface area contributed by atoms with Crippen LogP contribution < -0.4 is 10.5 Å². The second-order valence-corrected chi connectivity index (χ2v) is 6.03. The van der Waals surface area contributed by atoms with Gasteiger partial charge in [-0.15, -0.1) is 0 Å². The molecule has 0 aliphatic heterocycles. The van der Waals surface area contributed by atoms with Crippen molar-refractivity contribution in [2.24, 2.45) is 5.73 Å². The number of nitrogens with zero attached hydrogens (tertiary/aromatic N) is 1. The van der Waals surface area contributed by atoms with Crippen LogP contribution in [-0.2, 0) is 21.4 Å². The molecular weight excluding hydrogens is 316 g/mol. The second-order valence-electron chi connectivity index (χ2n) is 3.96. The van der Waals surface area contributed by atoms with Crippen LogP contribution in [0.5, 0.6) is 0 Å². The smallest absolute Gasteiger partial charge is 0.323 e. The number of H-pyrrole nitrogens is 1. The van der Waals surface area contributed by atoms with Crippen molar-refractivity contribution in [3.63, 3.8) is 0 Å². The first kappa shape index (κ1) is 14.9. The van der Waals surface area contributed by atoms with Gasteiger partial charge in [-0.05, 0) is 30.4 Å². The third-order valence-electron chi connectivity index (χ3n) is 2.61. The number of aliphatic carboxylic acids is 1. The SMILES string of the molecule is NC#CNS(=O)(=O)c1ccc2[nH]c(=S)n(CC(=O)O)c2c1. The molecule has 10 heteroatoms. The number of carbonyl (C=O) groups is 1. The highest BCUT2D eigenvalue weighted by Gasteiger charge is 2.15. The lowest BCUT2D eigenvalue weighted by Crippen LogP contribution is -2.19. The molecule has 1 aromatic carbocycles. The Morgan fingerprint density at radius 1 is 1.52 bits per heavy atom. The summed E-state index contributed by atoms with van der Waals surface area (Å²) >= 11 is 5.02. The molecule has 0 unspecified atom stereocenters. The van der Waals surface area contributed by atoms with Crippen LogP contribution in [-0.4, -0.2) is 29.0 Å². The maximum absolute atomic E-state index is 11.9. The Hall–Kier alpha value is -2.51. The summed E-state index contributed by atoms with van der Waals surface area (Å²) in [7, 11) is -3.86. The quantitative estimate of drug-likeness (QED) is 0.354. The van der Waals surface area contributed by atoms with Crippen LogP contribution in [0.25, 0.3) is 11.0 Å². The fourth-order valence-corrected chi connectivity index (χ4v) is 2.85. The minimum absolute atomic E-state index is 0.0779. The first-order valence-electron chi connectivity index (χ1n) is 5.52. The van der Waals surface area contributed by atoms with Gasteiger partial charge >= 0.3 is 5.97 Å². The number of aromatic nitrogens is 2. The van der Waals surface area contributed by atoms with Gasteiger partial charge in [0, 0.05) is 12.1 Å². The Labute approximate surface area is 124 Å². The Balaban J connectivity index is 2.61. The summed E-state index contributed by atoms with van der Waals surface area (Å²) in [4.78, 5) is 13.6. The first-order chi connectivity index (χ1) is 9.85. The molecule has 0 amide bonds. The van der Waals surface area contributed by atoms with E-state index in [-0.39, 0.29) is 16.2 Å². The fraction of sp³-hybridized carbons (Fsp3) is 0.0909. The van der Waals surface area contributed by atoms with Crippen molar-refractivity contribution in [2.45, 2.75) is 11.4 Å². The lowest BCUT2D eigenvalue weighted by atomic mass is 10.3. The van der Waals surface area contributed by atoms with Gasteiger partial charge in [0.1, 0.15) is 6.54 Å². The van der Waals surface area contributed by atoms with E-state index < -0.39 is 16.0 Å². The molecule has 0 atom stereocenters. The number of benzene rings is 1. The van der Waals surface area contributed by atoms with Crippen LogP contribution in [0.1, 0.15) is 0 Å². The number of carboxylic acid groups (broad SMARTS) is 1. The molecule has 21 heavy (non-hydrogen) atoms. The molecule has 1 aromatic heterocycles. The monoisotopic (exact) mass is 326 g/mol. The molecule has 110 valence electrons. The summed E-state index contributed by atoms with van der Waals surface area (Å²) in [6, 6.07) is 8.12. The number of aromatic amines is 1. The van der Waals surface area contributed by atoms with E-state index >= 15 is 0 Å². The summed E-state index contributed by atoms with van der Waals surface area (Å²) < 4.78 is 27.4. The average Bonchev–Trinajstić information content (AvgIpc) is 2.72. The van der Waals surface area contributed by atoms with Crippen LogP contribution in [0.15, 0.2) is 23.1 Å². The predicted molar refractivity (Wildman–Crippen MR) is 77.0 cm³/mol. The summed E-state index contributed by atoms with van der Waals surface area (Å²) in [5.41, 5.74) is 5.81. The number of nitrogens with one attached hydrogen (secondary N) is 2. The van der Waals surface area contributed by atoms with Gasteiger partial charge in [0.05, 0.1) is 15.9 Å². The van der Waals surface area contributed by atoms with Crippen LogP contribution >= 0.6 is 12.2 Å². The number of imidazole rings is 1. The Morgan fingerprint density at radius 2 is 2.24 bits per heavy atom. The summed E-state index contributed by atoms with van der Waals surface area (Å²) in [5.74, 6) is -1.09. The van der Waals surface area contributed by atoms with Crippen LogP contribution in [0.2, 0.25) is 0 Å². The zero-order chi connectivity index (χ0) is 15.6. The van der Waals surface area contributed by atoms with E-state index in [4.69, 9.17) is 23.1 Å².